The van der Waals surface area contributed by atoms with Crippen molar-refractivity contribution in [3.05, 3.63) is 24.6 Å². The molecule has 0 saturated carbocycles. The van der Waals surface area contributed by atoms with E-state index >= 15 is 0 Å². The highest BCUT2D eigenvalue weighted by molar-refractivity contribution is 7.89. The summed E-state index contributed by atoms with van der Waals surface area (Å²) in [5.41, 5.74) is 1.16. The first-order valence-corrected chi connectivity index (χ1v) is 7.87. The maximum absolute atomic E-state index is 12.5. The molecular formula is C13H18N2O3S. The monoisotopic (exact) mass is 282 g/mol. The molecule has 0 aliphatic rings. The van der Waals surface area contributed by atoms with Gasteiger partial charge in [0.25, 0.3) is 0 Å². The number of fused-ring (bicyclic) bond motifs is 1. The maximum Gasteiger partial charge on any atom is 0.243 e. The number of sulfonamides is 1. The Labute approximate surface area is 113 Å². The van der Waals surface area contributed by atoms with Crippen LogP contribution < -0.4 is 0 Å². The molecule has 6 heteroatoms. The van der Waals surface area contributed by atoms with Crippen LogP contribution in [-0.4, -0.2) is 30.8 Å². The lowest BCUT2D eigenvalue weighted by Crippen LogP contribution is -2.32. The second kappa shape index (κ2) is 5.71. The van der Waals surface area contributed by atoms with E-state index in [9.17, 15) is 8.42 Å². The number of rotatable bonds is 6. The summed E-state index contributed by atoms with van der Waals surface area (Å²) in [6.07, 6.45) is 2.91. The first-order chi connectivity index (χ1) is 9.09. The van der Waals surface area contributed by atoms with E-state index in [1.54, 1.807) is 12.1 Å². The van der Waals surface area contributed by atoms with Crippen molar-refractivity contribution < 1.29 is 12.8 Å². The number of hydrogen-bond acceptors (Lipinski definition) is 4. The lowest BCUT2D eigenvalue weighted by Gasteiger charge is -2.20. The van der Waals surface area contributed by atoms with Gasteiger partial charge in [-0.15, -0.1) is 0 Å². The van der Waals surface area contributed by atoms with E-state index in [-0.39, 0.29) is 4.90 Å². The Kier molecular flexibility index (Phi) is 4.21. The summed E-state index contributed by atoms with van der Waals surface area (Å²) >= 11 is 0. The molecule has 0 amide bonds. The van der Waals surface area contributed by atoms with Crippen molar-refractivity contribution in [3.63, 3.8) is 0 Å². The van der Waals surface area contributed by atoms with Crippen LogP contribution >= 0.6 is 0 Å². The Bertz CT molecular complexity index is 643. The minimum absolute atomic E-state index is 0.263. The molecule has 0 radical (unpaired) electrons. The first-order valence-electron chi connectivity index (χ1n) is 6.43. The van der Waals surface area contributed by atoms with E-state index in [1.165, 1.54) is 16.8 Å². The first kappa shape index (κ1) is 14.0. The van der Waals surface area contributed by atoms with Crippen LogP contribution in [-0.2, 0) is 10.0 Å². The Morgan fingerprint density at radius 1 is 1.21 bits per heavy atom. The molecule has 0 bridgehead atoms. The van der Waals surface area contributed by atoms with Gasteiger partial charge in [-0.1, -0.05) is 13.8 Å². The third-order valence-corrected chi connectivity index (χ3v) is 4.78. The number of aromatic nitrogens is 1. The van der Waals surface area contributed by atoms with Crippen molar-refractivity contribution in [1.29, 1.82) is 0 Å². The van der Waals surface area contributed by atoms with Crippen LogP contribution in [0.4, 0.5) is 0 Å². The molecule has 104 valence electrons. The third kappa shape index (κ3) is 2.79. The molecule has 0 N–H and O–H groups in total. The lowest BCUT2D eigenvalue weighted by atomic mass is 10.3. The Morgan fingerprint density at radius 3 is 2.53 bits per heavy atom. The largest absolute Gasteiger partial charge is 0.443 e. The second-order valence-electron chi connectivity index (χ2n) is 4.39. The number of hydrogen-bond donors (Lipinski definition) is 0. The zero-order valence-electron chi connectivity index (χ0n) is 11.2. The average Bonchev–Trinajstić information content (AvgIpc) is 2.85. The fraction of sp³-hybridized carbons (Fsp3) is 0.462. The summed E-state index contributed by atoms with van der Waals surface area (Å²) in [5, 5.41) is 0. The molecule has 1 aromatic carbocycles. The number of nitrogens with zero attached hydrogens (tertiary/aromatic N) is 2. The molecule has 0 saturated heterocycles. The van der Waals surface area contributed by atoms with Crippen LogP contribution in [0.15, 0.2) is 33.9 Å². The molecule has 19 heavy (non-hydrogen) atoms. The van der Waals surface area contributed by atoms with Crippen LogP contribution in [0.5, 0.6) is 0 Å². The summed E-state index contributed by atoms with van der Waals surface area (Å²) in [6.45, 7) is 5.00. The normalized spacial score (nSPS) is 12.4. The van der Waals surface area contributed by atoms with Gasteiger partial charge in [0.1, 0.15) is 5.52 Å². The van der Waals surface area contributed by atoms with E-state index in [0.717, 1.165) is 12.8 Å². The van der Waals surface area contributed by atoms with Crippen LogP contribution in [0.1, 0.15) is 26.7 Å². The molecule has 0 aliphatic heterocycles. The molecule has 5 nitrogen and oxygen atoms in total. The molecule has 2 rings (SSSR count). The van der Waals surface area contributed by atoms with Crippen molar-refractivity contribution in [2.24, 2.45) is 0 Å². The molecule has 1 heterocycles. The van der Waals surface area contributed by atoms with E-state index < -0.39 is 10.0 Å². The predicted octanol–water partition coefficient (Wildman–Crippen LogP) is 2.64. The molecule has 0 fully saturated rings. The van der Waals surface area contributed by atoms with E-state index in [4.69, 9.17) is 4.42 Å². The molecule has 0 spiro atoms. The Hall–Kier alpha value is -1.40. The Morgan fingerprint density at radius 2 is 1.89 bits per heavy atom. The third-order valence-electron chi connectivity index (χ3n) is 2.89. The predicted molar refractivity (Wildman–Crippen MR) is 73.3 cm³/mol. The van der Waals surface area contributed by atoms with Crippen LogP contribution in [0, 0.1) is 0 Å². The zero-order valence-corrected chi connectivity index (χ0v) is 12.0. The van der Waals surface area contributed by atoms with Gasteiger partial charge in [0, 0.05) is 19.2 Å². The van der Waals surface area contributed by atoms with E-state index in [1.807, 2.05) is 13.8 Å². The number of benzene rings is 1. The molecule has 0 atom stereocenters. The zero-order chi connectivity index (χ0) is 13.9. The molecule has 0 unspecified atom stereocenters. The van der Waals surface area contributed by atoms with Crippen LogP contribution in [0.2, 0.25) is 0 Å². The summed E-state index contributed by atoms with van der Waals surface area (Å²) in [5.74, 6) is 0. The number of oxazole rings is 1. The van der Waals surface area contributed by atoms with Gasteiger partial charge in [-0.3, -0.25) is 0 Å². The second-order valence-corrected chi connectivity index (χ2v) is 6.32. The topological polar surface area (TPSA) is 63.4 Å². The minimum Gasteiger partial charge on any atom is -0.443 e. The van der Waals surface area contributed by atoms with Crippen molar-refractivity contribution in [1.82, 2.24) is 9.29 Å². The SMILES string of the molecule is CCCN(CCC)S(=O)(=O)c1ccc2ncoc2c1. The fourth-order valence-electron chi connectivity index (χ4n) is 2.00. The highest BCUT2D eigenvalue weighted by atomic mass is 32.2. The molecule has 2 aromatic rings. The van der Waals surface area contributed by atoms with Crippen molar-refractivity contribution in [3.8, 4) is 0 Å². The Balaban J connectivity index is 2.40. The quantitative estimate of drug-likeness (QED) is 0.817. The lowest BCUT2D eigenvalue weighted by molar-refractivity contribution is 0.410. The molecule has 0 aliphatic carbocycles. The fourth-order valence-corrected chi connectivity index (χ4v) is 3.64. The minimum atomic E-state index is -3.45. The molecule has 1 aromatic heterocycles. The van der Waals surface area contributed by atoms with Crippen LogP contribution in [0.3, 0.4) is 0 Å². The average molecular weight is 282 g/mol. The van der Waals surface area contributed by atoms with Crippen LogP contribution in [0.25, 0.3) is 11.1 Å². The molecular weight excluding hydrogens is 264 g/mol. The van der Waals surface area contributed by atoms with Gasteiger partial charge in [0.05, 0.1) is 4.90 Å². The van der Waals surface area contributed by atoms with Crippen molar-refractivity contribution >= 4 is 21.1 Å². The van der Waals surface area contributed by atoms with Gasteiger partial charge in [-0.05, 0) is 25.0 Å². The van der Waals surface area contributed by atoms with E-state index in [2.05, 4.69) is 4.98 Å². The standard InChI is InChI=1S/C13H18N2O3S/c1-3-7-15(8-4-2)19(16,17)11-5-6-12-13(9-11)18-10-14-12/h5-6,9-10H,3-4,7-8H2,1-2H3. The highest BCUT2D eigenvalue weighted by Gasteiger charge is 2.23. The van der Waals surface area contributed by atoms with E-state index in [0.29, 0.717) is 24.2 Å². The smallest absolute Gasteiger partial charge is 0.243 e. The summed E-state index contributed by atoms with van der Waals surface area (Å²) in [4.78, 5) is 4.25. The summed E-state index contributed by atoms with van der Waals surface area (Å²) < 4.78 is 31.8. The van der Waals surface area contributed by atoms with Gasteiger partial charge >= 0.3 is 0 Å². The van der Waals surface area contributed by atoms with Gasteiger partial charge in [0.15, 0.2) is 12.0 Å². The van der Waals surface area contributed by atoms with Gasteiger partial charge in [-0.2, -0.15) is 4.31 Å². The summed E-state index contributed by atoms with van der Waals surface area (Å²) in [6, 6.07) is 4.79. The highest BCUT2D eigenvalue weighted by Crippen LogP contribution is 2.21. The summed E-state index contributed by atoms with van der Waals surface area (Å²) in [7, 11) is -3.45. The maximum atomic E-state index is 12.5. The van der Waals surface area contributed by atoms with Crippen molar-refractivity contribution in [2.75, 3.05) is 13.1 Å². The van der Waals surface area contributed by atoms with Gasteiger partial charge in [-0.25, -0.2) is 13.4 Å². The van der Waals surface area contributed by atoms with Gasteiger partial charge < -0.3 is 4.42 Å². The van der Waals surface area contributed by atoms with Crippen molar-refractivity contribution in [2.45, 2.75) is 31.6 Å². The van der Waals surface area contributed by atoms with Gasteiger partial charge in [0.2, 0.25) is 10.0 Å².